The summed E-state index contributed by atoms with van der Waals surface area (Å²) in [5.41, 5.74) is 12.2. The van der Waals surface area contributed by atoms with Crippen LogP contribution in [0.5, 0.6) is 5.75 Å². The Labute approximate surface area is 236 Å². The molecule has 0 aromatic heterocycles. The van der Waals surface area contributed by atoms with E-state index in [1.807, 2.05) is 37.3 Å². The minimum atomic E-state index is -1.41. The molecule has 1 saturated heterocycles. The maximum Gasteiger partial charge on any atom is 1.00 e. The third-order valence-corrected chi connectivity index (χ3v) is 7.64. The number of aliphatic carboxylic acids is 1. The number of aliphatic hydroxyl groups is 1. The molecule has 0 unspecified atom stereocenters. The number of carbonyl (C=O) groups is 2. The Hall–Kier alpha value is -2.24. The average molecular weight is 521 g/mol. The summed E-state index contributed by atoms with van der Waals surface area (Å²) in [7, 11) is 0. The molecule has 0 spiro atoms. The van der Waals surface area contributed by atoms with Gasteiger partial charge in [-0.15, -0.1) is 0 Å². The van der Waals surface area contributed by atoms with Gasteiger partial charge in [0.25, 0.3) is 0 Å². The average Bonchev–Trinajstić information content (AvgIpc) is 3.05. The number of hydrogen-bond acceptors (Lipinski definition) is 7. The number of carboxylic acids is 1. The number of ether oxygens (including phenoxy) is 1. The minimum absolute atomic E-state index is 0. The van der Waals surface area contributed by atoms with Crippen molar-refractivity contribution in [1.29, 1.82) is 0 Å². The molecule has 1 amide bonds. The number of amides is 1. The van der Waals surface area contributed by atoms with Crippen molar-refractivity contribution in [3.63, 3.8) is 0 Å². The molecule has 2 aliphatic heterocycles. The normalized spacial score (nSPS) is 21.5. The first-order valence-electron chi connectivity index (χ1n) is 11.4. The van der Waals surface area contributed by atoms with Crippen molar-refractivity contribution in [3.8, 4) is 5.75 Å². The number of nitrogens with two attached hydrogens (primary N) is 2. The summed E-state index contributed by atoms with van der Waals surface area (Å²) in [6, 6.07) is 11.3. The van der Waals surface area contributed by atoms with Gasteiger partial charge in [0.05, 0.1) is 36.3 Å². The Kier molecular flexibility index (Phi) is 9.34. The van der Waals surface area contributed by atoms with Crippen LogP contribution >= 0.6 is 11.8 Å². The molecule has 36 heavy (non-hydrogen) atoms. The van der Waals surface area contributed by atoms with E-state index in [-0.39, 0.29) is 53.7 Å². The molecule has 4 atom stereocenters. The number of guanidine groups is 1. The van der Waals surface area contributed by atoms with Gasteiger partial charge in [-0.3, -0.25) is 9.79 Å². The summed E-state index contributed by atoms with van der Waals surface area (Å²) >= 11 is 1.72. The molecule has 0 bridgehead atoms. The molecule has 0 radical (unpaired) electrons. The number of rotatable bonds is 10. The molecule has 2 aromatic rings. The van der Waals surface area contributed by atoms with E-state index in [9.17, 15) is 19.8 Å². The molecular weight excluding hydrogens is 491 g/mol. The fourth-order valence-electron chi connectivity index (χ4n) is 5.00. The zero-order chi connectivity index (χ0) is 25.3. The first-order chi connectivity index (χ1) is 16.7. The van der Waals surface area contributed by atoms with E-state index in [0.717, 1.165) is 27.8 Å². The van der Waals surface area contributed by atoms with E-state index in [1.54, 1.807) is 18.7 Å². The van der Waals surface area contributed by atoms with Gasteiger partial charge in [-0.25, -0.2) is 0 Å². The number of nitrogens with zero attached hydrogens (tertiary/aromatic N) is 2. The Morgan fingerprint density at radius 2 is 1.94 bits per heavy atom. The molecule has 4 rings (SSSR count). The quantitative estimate of drug-likeness (QED) is 0.103. The van der Waals surface area contributed by atoms with Crippen molar-refractivity contribution in [2.24, 2.45) is 28.3 Å². The van der Waals surface area contributed by atoms with Gasteiger partial charge in [0.2, 0.25) is 5.91 Å². The summed E-state index contributed by atoms with van der Waals surface area (Å²) in [5.74, 6) is -0.425. The van der Waals surface area contributed by atoms with Crippen LogP contribution in [0.3, 0.4) is 0 Å². The van der Waals surface area contributed by atoms with Crippen molar-refractivity contribution in [3.05, 3.63) is 53.2 Å². The fraction of sp³-hybridized carbons (Fsp3) is 0.400. The molecule has 5 N–H and O–H groups in total. The predicted molar refractivity (Wildman–Crippen MR) is 133 cm³/mol. The molecule has 0 aliphatic carbocycles. The molecular formula is C25H29N4NaO5S. The first kappa shape index (κ1) is 28.3. The van der Waals surface area contributed by atoms with E-state index in [0.29, 0.717) is 17.9 Å². The van der Waals surface area contributed by atoms with E-state index in [1.165, 1.54) is 4.90 Å². The van der Waals surface area contributed by atoms with Crippen molar-refractivity contribution in [1.82, 2.24) is 4.90 Å². The molecule has 1 fully saturated rings. The number of aliphatic hydroxyl groups excluding tert-OH is 1. The standard InChI is InChI=1S/C25H30N4O5S.Na/c1-13-18(22(24(32)33)29-21(13)20(14(2)30)23(29)31)11-34-19-8-4-6-16-15(5-3-7-17(16)19)12-35-10-9-28-25(26)27;/h3-8,13-14,20-21,30H,9-12H2,1-2H3,(H,32,33)(H4,26,27,28);/q;+1/p-1/t13-,14+,20+,21+;/m0./s1. The van der Waals surface area contributed by atoms with Crippen LogP contribution in [-0.4, -0.2) is 58.9 Å². The maximum atomic E-state index is 12.5. The number of β-lactam (4-membered cyclic amide) rings is 1. The number of hydrogen-bond donors (Lipinski definition) is 3. The van der Waals surface area contributed by atoms with Crippen LogP contribution in [0.15, 0.2) is 52.7 Å². The predicted octanol–water partition coefficient (Wildman–Crippen LogP) is -2.41. The van der Waals surface area contributed by atoms with E-state index >= 15 is 0 Å². The number of benzene rings is 2. The second kappa shape index (κ2) is 11.9. The zero-order valence-corrected chi connectivity index (χ0v) is 23.5. The van der Waals surface area contributed by atoms with E-state index < -0.39 is 29.9 Å². The summed E-state index contributed by atoms with van der Waals surface area (Å²) in [6.07, 6.45) is -0.858. The van der Waals surface area contributed by atoms with Gasteiger partial charge in [0.1, 0.15) is 12.4 Å². The van der Waals surface area contributed by atoms with Crippen molar-refractivity contribution < 1.29 is 54.1 Å². The molecule has 11 heteroatoms. The smallest absolute Gasteiger partial charge is 0.543 e. The molecule has 2 aromatic carbocycles. The van der Waals surface area contributed by atoms with Crippen molar-refractivity contribution >= 4 is 40.4 Å². The van der Waals surface area contributed by atoms with Crippen LogP contribution < -0.4 is 50.9 Å². The second-order valence-corrected chi connectivity index (χ2v) is 9.94. The number of thioether (sulfide) groups is 1. The first-order valence-corrected chi connectivity index (χ1v) is 12.6. The topological polar surface area (TPSA) is 154 Å². The second-order valence-electron chi connectivity index (χ2n) is 8.83. The Bertz CT molecular complexity index is 1210. The van der Waals surface area contributed by atoms with Gasteiger partial charge < -0.3 is 36.1 Å². The van der Waals surface area contributed by atoms with Crippen molar-refractivity contribution in [2.75, 3.05) is 18.9 Å². The number of fused-ring (bicyclic) bond motifs is 2. The van der Waals surface area contributed by atoms with Gasteiger partial charge >= 0.3 is 29.6 Å². The third-order valence-electron chi connectivity index (χ3n) is 6.65. The van der Waals surface area contributed by atoms with Crippen LogP contribution in [0, 0.1) is 11.8 Å². The maximum absolute atomic E-state index is 12.5. The summed E-state index contributed by atoms with van der Waals surface area (Å²) in [6.45, 7) is 3.96. The minimum Gasteiger partial charge on any atom is -0.543 e. The molecule has 0 saturated carbocycles. The largest absolute Gasteiger partial charge is 1.00 e. The Balaban J connectivity index is 0.00000361. The van der Waals surface area contributed by atoms with Gasteiger partial charge in [0.15, 0.2) is 5.96 Å². The number of aliphatic imine (C=N–C) groups is 1. The van der Waals surface area contributed by atoms with Crippen LogP contribution in [0.25, 0.3) is 10.8 Å². The fourth-order valence-corrected chi connectivity index (χ4v) is 5.83. The molecule has 2 aliphatic rings. The van der Waals surface area contributed by atoms with Gasteiger partial charge in [-0.05, 0) is 29.5 Å². The van der Waals surface area contributed by atoms with Crippen LogP contribution in [-0.2, 0) is 15.3 Å². The number of carboxylic acid groups (broad SMARTS) is 1. The third kappa shape index (κ3) is 5.38. The summed E-state index contributed by atoms with van der Waals surface area (Å²) in [4.78, 5) is 29.7. The van der Waals surface area contributed by atoms with Crippen LogP contribution in [0.1, 0.15) is 19.4 Å². The summed E-state index contributed by atoms with van der Waals surface area (Å²) < 4.78 is 6.13. The molecule has 2 heterocycles. The van der Waals surface area contributed by atoms with E-state index in [2.05, 4.69) is 11.1 Å². The Morgan fingerprint density at radius 1 is 1.25 bits per heavy atom. The van der Waals surface area contributed by atoms with Crippen molar-refractivity contribution in [2.45, 2.75) is 31.7 Å². The monoisotopic (exact) mass is 520 g/mol. The molecule has 9 nitrogen and oxygen atoms in total. The van der Waals surface area contributed by atoms with Crippen LogP contribution in [0.4, 0.5) is 0 Å². The SMILES string of the molecule is C[C@@H](O)[C@H]1C(=O)N2C(C(=O)[O-])=C(COc3cccc4c(CSCCN=C(N)N)cccc34)[C@H](C)[C@H]12.[Na+]. The van der Waals surface area contributed by atoms with E-state index in [4.69, 9.17) is 16.2 Å². The Morgan fingerprint density at radius 3 is 2.61 bits per heavy atom. The summed E-state index contributed by atoms with van der Waals surface area (Å²) in [5, 5.41) is 23.9. The zero-order valence-electron chi connectivity index (χ0n) is 20.6. The number of carbonyl (C=O) groups excluding carboxylic acids is 2. The molecule has 186 valence electrons. The van der Waals surface area contributed by atoms with Gasteiger partial charge in [0, 0.05) is 22.8 Å². The van der Waals surface area contributed by atoms with Gasteiger partial charge in [-0.1, -0.05) is 37.3 Å². The van der Waals surface area contributed by atoms with Gasteiger partial charge in [-0.2, -0.15) is 11.8 Å². The van der Waals surface area contributed by atoms with Crippen LogP contribution in [0.2, 0.25) is 0 Å².